The third-order valence-electron chi connectivity index (χ3n) is 4.41. The molecule has 0 N–H and O–H groups in total. The van der Waals surface area contributed by atoms with Crippen LogP contribution in [0, 0.1) is 0 Å². The van der Waals surface area contributed by atoms with Crippen molar-refractivity contribution in [2.24, 2.45) is 0 Å². The minimum absolute atomic E-state index is 0.0443. The van der Waals surface area contributed by atoms with Gasteiger partial charge in [-0.3, -0.25) is 9.36 Å². The molecule has 0 aliphatic rings. The summed E-state index contributed by atoms with van der Waals surface area (Å²) in [6, 6.07) is 6.30. The molecule has 160 valence electrons. The van der Waals surface area contributed by atoms with Crippen LogP contribution in [0.15, 0.2) is 39.9 Å². The summed E-state index contributed by atoms with van der Waals surface area (Å²) in [6.07, 6.45) is 2.90. The number of hydrogen-bond acceptors (Lipinski definition) is 6. The number of hydrogen-bond donors (Lipinski definition) is 0. The van der Waals surface area contributed by atoms with E-state index in [0.29, 0.717) is 17.5 Å². The molecule has 10 heteroatoms. The molecule has 2 heterocycles. The van der Waals surface area contributed by atoms with E-state index in [0.717, 1.165) is 10.5 Å². The van der Waals surface area contributed by atoms with E-state index in [4.69, 9.17) is 9.47 Å². The molecule has 0 radical (unpaired) electrons. The Kier molecular flexibility index (Phi) is 6.89. The maximum Gasteiger partial charge on any atom is 0.341 e. The number of aromatic nitrogens is 4. The second kappa shape index (κ2) is 9.23. The van der Waals surface area contributed by atoms with Crippen molar-refractivity contribution < 1.29 is 14.3 Å². The highest BCUT2D eigenvalue weighted by Gasteiger charge is 2.18. The Balaban J connectivity index is 2.02. The molecule has 2 aromatic heterocycles. The zero-order chi connectivity index (χ0) is 21.9. The normalized spacial score (nSPS) is 11.8. The van der Waals surface area contributed by atoms with Gasteiger partial charge in [0.15, 0.2) is 0 Å². The highest BCUT2D eigenvalue weighted by atomic mass is 79.9. The Morgan fingerprint density at radius 2 is 2.03 bits per heavy atom. The lowest BCUT2D eigenvalue weighted by atomic mass is 10.2. The van der Waals surface area contributed by atoms with Gasteiger partial charge in [0, 0.05) is 25.4 Å². The van der Waals surface area contributed by atoms with Crippen molar-refractivity contribution in [2.75, 3.05) is 13.2 Å². The van der Waals surface area contributed by atoms with Crippen LogP contribution in [0.3, 0.4) is 0 Å². The fraction of sp³-hybridized carbons (Fsp3) is 0.400. The van der Waals surface area contributed by atoms with Gasteiger partial charge in [-0.1, -0.05) is 35.6 Å². The molecule has 3 rings (SSSR count). The lowest BCUT2D eigenvalue weighted by Crippen LogP contribution is -2.28. The van der Waals surface area contributed by atoms with Crippen LogP contribution in [0.2, 0.25) is 25.7 Å². The van der Waals surface area contributed by atoms with E-state index in [2.05, 4.69) is 45.7 Å². The molecular weight excluding hydrogens is 468 g/mol. The summed E-state index contributed by atoms with van der Waals surface area (Å²) >= 11 is 3.40. The number of carbonyl (C=O) groups excluding carboxylic acids is 1. The summed E-state index contributed by atoms with van der Waals surface area (Å²) < 4.78 is 14.5. The Morgan fingerprint density at radius 1 is 1.27 bits per heavy atom. The maximum atomic E-state index is 13.2. The number of ether oxygens (including phenoxy) is 2. The van der Waals surface area contributed by atoms with E-state index in [9.17, 15) is 9.59 Å². The number of benzene rings is 1. The number of rotatable bonds is 8. The van der Waals surface area contributed by atoms with Gasteiger partial charge in [0.05, 0.1) is 29.3 Å². The molecule has 0 bridgehead atoms. The van der Waals surface area contributed by atoms with Crippen molar-refractivity contribution in [3.8, 4) is 5.95 Å². The minimum Gasteiger partial charge on any atom is -0.462 e. The topological polar surface area (TPSA) is 88.2 Å². The summed E-state index contributed by atoms with van der Waals surface area (Å²) in [4.78, 5) is 29.8. The molecule has 1 aromatic carbocycles. The molecule has 0 saturated heterocycles. The molecule has 0 atom stereocenters. The standard InChI is InChI=1S/C20H25BrN4O4Si/c1-5-29-19(27)14-11-22-25(12-14)20-23-17-7-6-15(21)10-16(17)18(26)24(20)13-28-8-9-30(2,3)4/h6-7,10-12H,5,8-9,13H2,1-4H3. The average Bonchev–Trinajstić information content (AvgIpc) is 3.16. The van der Waals surface area contributed by atoms with Crippen molar-refractivity contribution in [3.63, 3.8) is 0 Å². The molecule has 8 nitrogen and oxygen atoms in total. The Bertz CT molecular complexity index is 1120. The van der Waals surface area contributed by atoms with Crippen LogP contribution in [0.1, 0.15) is 17.3 Å². The van der Waals surface area contributed by atoms with E-state index >= 15 is 0 Å². The van der Waals surface area contributed by atoms with Gasteiger partial charge >= 0.3 is 5.97 Å². The quantitative estimate of drug-likeness (QED) is 0.269. The smallest absolute Gasteiger partial charge is 0.341 e. The molecule has 0 spiro atoms. The molecule has 0 saturated carbocycles. The van der Waals surface area contributed by atoms with E-state index in [-0.39, 0.29) is 30.4 Å². The number of nitrogens with zero attached hydrogens (tertiary/aromatic N) is 4. The third-order valence-corrected chi connectivity index (χ3v) is 6.61. The lowest BCUT2D eigenvalue weighted by Gasteiger charge is -2.17. The molecule has 3 aromatic rings. The van der Waals surface area contributed by atoms with Crippen molar-refractivity contribution in [1.82, 2.24) is 19.3 Å². The summed E-state index contributed by atoms with van der Waals surface area (Å²) in [5.74, 6) is -0.202. The molecule has 0 amide bonds. The molecular formula is C20H25BrN4O4Si. The Morgan fingerprint density at radius 3 is 2.73 bits per heavy atom. The van der Waals surface area contributed by atoms with E-state index < -0.39 is 14.0 Å². The van der Waals surface area contributed by atoms with Gasteiger partial charge in [-0.2, -0.15) is 5.10 Å². The number of fused-ring (bicyclic) bond motifs is 1. The minimum atomic E-state index is -1.26. The van der Waals surface area contributed by atoms with Gasteiger partial charge in [-0.15, -0.1) is 0 Å². The van der Waals surface area contributed by atoms with Gasteiger partial charge in [-0.25, -0.2) is 14.5 Å². The maximum absolute atomic E-state index is 13.2. The van der Waals surface area contributed by atoms with Gasteiger partial charge in [0.1, 0.15) is 6.73 Å². The molecule has 0 fully saturated rings. The van der Waals surface area contributed by atoms with Crippen LogP contribution in [-0.4, -0.2) is 46.6 Å². The molecule has 0 aliphatic carbocycles. The van der Waals surface area contributed by atoms with Gasteiger partial charge < -0.3 is 9.47 Å². The Labute approximate surface area is 184 Å². The first-order chi connectivity index (χ1) is 14.2. The predicted octanol–water partition coefficient (Wildman–Crippen LogP) is 3.83. The van der Waals surface area contributed by atoms with Crippen LogP contribution in [-0.2, 0) is 16.2 Å². The average molecular weight is 493 g/mol. The molecule has 30 heavy (non-hydrogen) atoms. The zero-order valence-electron chi connectivity index (χ0n) is 17.5. The number of halogens is 1. The first kappa shape index (κ1) is 22.4. The van der Waals surface area contributed by atoms with Crippen LogP contribution in [0.25, 0.3) is 16.9 Å². The van der Waals surface area contributed by atoms with Crippen LogP contribution in [0.5, 0.6) is 0 Å². The Hall–Kier alpha value is -2.30. The zero-order valence-corrected chi connectivity index (χ0v) is 20.1. The third kappa shape index (κ3) is 5.24. The predicted molar refractivity (Wildman–Crippen MR) is 121 cm³/mol. The molecule has 0 unspecified atom stereocenters. The van der Waals surface area contributed by atoms with Gasteiger partial charge in [0.2, 0.25) is 5.95 Å². The van der Waals surface area contributed by atoms with Crippen molar-refractivity contribution in [3.05, 3.63) is 51.0 Å². The first-order valence-corrected chi connectivity index (χ1v) is 14.2. The summed E-state index contributed by atoms with van der Waals surface area (Å²) in [5.41, 5.74) is 0.579. The fourth-order valence-electron chi connectivity index (χ4n) is 2.76. The SMILES string of the molecule is CCOC(=O)c1cnn(-c2nc3ccc(Br)cc3c(=O)n2COCC[Si](C)(C)C)c1. The lowest BCUT2D eigenvalue weighted by molar-refractivity contribution is 0.0526. The monoisotopic (exact) mass is 492 g/mol. The fourth-order valence-corrected chi connectivity index (χ4v) is 3.88. The van der Waals surface area contributed by atoms with Gasteiger partial charge in [0.25, 0.3) is 5.56 Å². The second-order valence-corrected chi connectivity index (χ2v) is 14.6. The van der Waals surface area contributed by atoms with Crippen LogP contribution >= 0.6 is 15.9 Å². The number of carbonyl (C=O) groups is 1. The summed E-state index contributed by atoms with van der Waals surface area (Å²) in [6.45, 7) is 9.41. The molecule has 0 aliphatic heterocycles. The summed E-state index contributed by atoms with van der Waals surface area (Å²) in [5, 5.41) is 4.69. The number of esters is 1. The van der Waals surface area contributed by atoms with Crippen molar-refractivity contribution >= 4 is 40.9 Å². The van der Waals surface area contributed by atoms with Crippen LogP contribution in [0.4, 0.5) is 0 Å². The highest BCUT2D eigenvalue weighted by molar-refractivity contribution is 9.10. The van der Waals surface area contributed by atoms with E-state index in [1.807, 2.05) is 6.07 Å². The van der Waals surface area contributed by atoms with Gasteiger partial charge in [-0.05, 0) is 31.2 Å². The second-order valence-electron chi connectivity index (χ2n) is 8.05. The highest BCUT2D eigenvalue weighted by Crippen LogP contribution is 2.18. The van der Waals surface area contributed by atoms with Crippen LogP contribution < -0.4 is 5.56 Å². The van der Waals surface area contributed by atoms with E-state index in [1.54, 1.807) is 19.1 Å². The first-order valence-electron chi connectivity index (χ1n) is 9.69. The largest absolute Gasteiger partial charge is 0.462 e. The summed E-state index contributed by atoms with van der Waals surface area (Å²) in [7, 11) is -1.26. The van der Waals surface area contributed by atoms with Crippen molar-refractivity contribution in [2.45, 2.75) is 39.3 Å². The van der Waals surface area contributed by atoms with E-state index in [1.165, 1.54) is 21.6 Å². The van der Waals surface area contributed by atoms with Crippen molar-refractivity contribution in [1.29, 1.82) is 0 Å².